The normalized spacial score (nSPS) is 10.9. The van der Waals surface area contributed by atoms with Gasteiger partial charge in [0.15, 0.2) is 5.65 Å². The maximum Gasteiger partial charge on any atom is 0.201 e. The number of nitrogens with zero attached hydrogens (tertiary/aromatic N) is 5. The summed E-state index contributed by atoms with van der Waals surface area (Å²) in [4.78, 5) is 8.34. The van der Waals surface area contributed by atoms with Crippen LogP contribution in [0.1, 0.15) is 5.82 Å². The Hall–Kier alpha value is -2.15. The van der Waals surface area contributed by atoms with Gasteiger partial charge in [0.25, 0.3) is 0 Å². The fraction of sp³-hybridized carbons (Fsp3) is 0.0909. The van der Waals surface area contributed by atoms with Gasteiger partial charge < -0.3 is 5.73 Å². The molecule has 0 aromatic carbocycles. The first-order valence-electron chi connectivity index (χ1n) is 5.31. The molecule has 6 nitrogen and oxygen atoms in total. The lowest BCUT2D eigenvalue weighted by Crippen LogP contribution is -1.97. The minimum Gasteiger partial charge on any atom is -0.384 e. The van der Waals surface area contributed by atoms with Gasteiger partial charge in [0, 0.05) is 12.3 Å². The first-order chi connectivity index (χ1) is 8.72. The number of hydrogen-bond acceptors (Lipinski definition) is 6. The highest BCUT2D eigenvalue weighted by Crippen LogP contribution is 2.25. The van der Waals surface area contributed by atoms with Crippen molar-refractivity contribution in [3.63, 3.8) is 0 Å². The summed E-state index contributed by atoms with van der Waals surface area (Å²) in [5.74, 6) is 1.10. The van der Waals surface area contributed by atoms with E-state index in [4.69, 9.17) is 5.73 Å². The molecule has 2 N–H and O–H groups in total. The van der Waals surface area contributed by atoms with Crippen LogP contribution in [0.3, 0.4) is 0 Å². The Bertz CT molecular complexity index is 687. The molecule has 0 fully saturated rings. The molecule has 0 aliphatic carbocycles. The summed E-state index contributed by atoms with van der Waals surface area (Å²) in [5, 5.41) is 9.72. The number of rotatable bonds is 2. The van der Waals surface area contributed by atoms with E-state index in [0.717, 1.165) is 15.8 Å². The van der Waals surface area contributed by atoms with Crippen molar-refractivity contribution < 1.29 is 0 Å². The van der Waals surface area contributed by atoms with Crippen LogP contribution < -0.4 is 5.73 Å². The monoisotopic (exact) mass is 258 g/mol. The molecule has 0 unspecified atom stereocenters. The molecule has 0 saturated carbocycles. The third-order valence-corrected chi connectivity index (χ3v) is 3.19. The quantitative estimate of drug-likeness (QED) is 0.702. The average Bonchev–Trinajstić information content (AvgIpc) is 2.72. The molecule has 0 radical (unpaired) electrons. The molecule has 18 heavy (non-hydrogen) atoms. The number of pyridine rings is 1. The lowest BCUT2D eigenvalue weighted by atomic mass is 10.5. The van der Waals surface area contributed by atoms with Gasteiger partial charge in [-0.1, -0.05) is 6.07 Å². The number of fused-ring (bicyclic) bond motifs is 1. The summed E-state index contributed by atoms with van der Waals surface area (Å²) in [6.07, 6.45) is 1.91. The van der Waals surface area contributed by atoms with Gasteiger partial charge in [-0.05, 0) is 30.8 Å². The minimum atomic E-state index is 0.457. The van der Waals surface area contributed by atoms with Crippen LogP contribution in [0.2, 0.25) is 0 Å². The van der Waals surface area contributed by atoms with Crippen molar-refractivity contribution in [2.45, 2.75) is 17.1 Å². The molecule has 0 saturated heterocycles. The Morgan fingerprint density at radius 3 is 2.94 bits per heavy atom. The van der Waals surface area contributed by atoms with Gasteiger partial charge >= 0.3 is 0 Å². The second-order valence-corrected chi connectivity index (χ2v) is 4.68. The van der Waals surface area contributed by atoms with Crippen LogP contribution in [0.15, 0.2) is 40.6 Å². The molecule has 3 heterocycles. The number of nitrogen functional groups attached to an aromatic ring is 1. The largest absolute Gasteiger partial charge is 0.384 e. The molecule has 0 aliphatic rings. The summed E-state index contributed by atoms with van der Waals surface area (Å²) in [7, 11) is 0. The number of aryl methyl sites for hydroxylation is 1. The smallest absolute Gasteiger partial charge is 0.201 e. The first kappa shape index (κ1) is 11.0. The molecule has 0 aliphatic heterocycles. The molecule has 0 amide bonds. The van der Waals surface area contributed by atoms with Gasteiger partial charge in [-0.25, -0.2) is 9.97 Å². The number of hydrogen-bond donors (Lipinski definition) is 1. The van der Waals surface area contributed by atoms with Gasteiger partial charge in [0.1, 0.15) is 16.7 Å². The molecule has 7 heteroatoms. The van der Waals surface area contributed by atoms with Crippen molar-refractivity contribution in [3.8, 4) is 0 Å². The molecule has 0 spiro atoms. The first-order valence-corrected chi connectivity index (χ1v) is 6.13. The highest BCUT2D eigenvalue weighted by Gasteiger charge is 2.08. The molecule has 3 rings (SSSR count). The molecule has 0 bridgehead atoms. The number of nitrogens with two attached hydrogens (primary N) is 1. The Morgan fingerprint density at radius 1 is 1.22 bits per heavy atom. The van der Waals surface area contributed by atoms with E-state index in [9.17, 15) is 0 Å². The minimum absolute atomic E-state index is 0.457. The zero-order valence-corrected chi connectivity index (χ0v) is 10.4. The Balaban J connectivity index is 2.01. The van der Waals surface area contributed by atoms with Gasteiger partial charge in [0.05, 0.1) is 0 Å². The van der Waals surface area contributed by atoms with Crippen molar-refractivity contribution in [2.24, 2.45) is 0 Å². The van der Waals surface area contributed by atoms with E-state index in [0.29, 0.717) is 11.6 Å². The molecular formula is C11H10N6S. The lowest BCUT2D eigenvalue weighted by molar-refractivity contribution is 0.909. The van der Waals surface area contributed by atoms with E-state index in [1.165, 1.54) is 11.8 Å². The molecule has 3 aromatic rings. The van der Waals surface area contributed by atoms with E-state index in [2.05, 4.69) is 20.2 Å². The zero-order chi connectivity index (χ0) is 12.5. The Kier molecular flexibility index (Phi) is 2.60. The van der Waals surface area contributed by atoms with Crippen LogP contribution in [0.4, 0.5) is 5.82 Å². The van der Waals surface area contributed by atoms with E-state index in [1.54, 1.807) is 6.07 Å². The second-order valence-electron chi connectivity index (χ2n) is 3.69. The summed E-state index contributed by atoms with van der Waals surface area (Å²) in [5.41, 5.74) is 6.50. The second kappa shape index (κ2) is 4.26. The topological polar surface area (TPSA) is 82.0 Å². The highest BCUT2D eigenvalue weighted by atomic mass is 32.2. The zero-order valence-electron chi connectivity index (χ0n) is 9.61. The van der Waals surface area contributed by atoms with Crippen LogP contribution in [0, 0.1) is 6.92 Å². The average molecular weight is 258 g/mol. The molecule has 90 valence electrons. The third kappa shape index (κ3) is 2.00. The Labute approximate surface area is 107 Å². The lowest BCUT2D eigenvalue weighted by Gasteiger charge is -2.01. The highest BCUT2D eigenvalue weighted by molar-refractivity contribution is 7.99. The predicted octanol–water partition coefficient (Wildman–Crippen LogP) is 1.56. The van der Waals surface area contributed by atoms with Crippen LogP contribution in [-0.2, 0) is 0 Å². The van der Waals surface area contributed by atoms with Crippen molar-refractivity contribution >= 4 is 23.2 Å². The maximum absolute atomic E-state index is 5.69. The van der Waals surface area contributed by atoms with Gasteiger partial charge in [-0.2, -0.15) is 0 Å². The summed E-state index contributed by atoms with van der Waals surface area (Å²) in [6.45, 7) is 1.81. The Morgan fingerprint density at radius 2 is 2.11 bits per heavy atom. The van der Waals surface area contributed by atoms with Gasteiger partial charge in [-0.3, -0.25) is 4.40 Å². The SMILES string of the molecule is Cc1nc(N)cc(Sc2nnc3ccccn23)n1. The summed E-state index contributed by atoms with van der Waals surface area (Å²) >= 11 is 1.41. The summed E-state index contributed by atoms with van der Waals surface area (Å²) < 4.78 is 1.90. The van der Waals surface area contributed by atoms with Crippen molar-refractivity contribution in [3.05, 3.63) is 36.3 Å². The molecule has 3 aromatic heterocycles. The van der Waals surface area contributed by atoms with Crippen molar-refractivity contribution in [1.82, 2.24) is 24.6 Å². The van der Waals surface area contributed by atoms with E-state index < -0.39 is 0 Å². The van der Waals surface area contributed by atoms with Gasteiger partial charge in [0.2, 0.25) is 5.16 Å². The van der Waals surface area contributed by atoms with Crippen LogP contribution >= 0.6 is 11.8 Å². The van der Waals surface area contributed by atoms with E-state index in [-0.39, 0.29) is 0 Å². The molecular weight excluding hydrogens is 248 g/mol. The van der Waals surface area contributed by atoms with Crippen molar-refractivity contribution in [1.29, 1.82) is 0 Å². The van der Waals surface area contributed by atoms with Crippen LogP contribution in [0.5, 0.6) is 0 Å². The fourth-order valence-corrected chi connectivity index (χ4v) is 2.48. The molecule has 0 atom stereocenters. The fourth-order valence-electron chi connectivity index (χ4n) is 1.60. The predicted molar refractivity (Wildman–Crippen MR) is 68.3 cm³/mol. The maximum atomic E-state index is 5.69. The van der Waals surface area contributed by atoms with Crippen LogP contribution in [0.25, 0.3) is 5.65 Å². The van der Waals surface area contributed by atoms with Gasteiger partial charge in [-0.15, -0.1) is 10.2 Å². The number of aromatic nitrogens is 5. The standard InChI is InChI=1S/C11H10N6S/c1-7-13-8(12)6-10(14-7)18-11-16-15-9-4-2-3-5-17(9)11/h2-6H,1H3,(H2,12,13,14). The van der Waals surface area contributed by atoms with Crippen molar-refractivity contribution in [2.75, 3.05) is 5.73 Å². The van der Waals surface area contributed by atoms with E-state index >= 15 is 0 Å². The van der Waals surface area contributed by atoms with E-state index in [1.807, 2.05) is 35.7 Å². The third-order valence-electron chi connectivity index (χ3n) is 2.31. The van der Waals surface area contributed by atoms with Crippen LogP contribution in [-0.4, -0.2) is 24.6 Å². The summed E-state index contributed by atoms with van der Waals surface area (Å²) in [6, 6.07) is 7.48. The number of anilines is 1.